The molecule has 2 unspecified atom stereocenters. The van der Waals surface area contributed by atoms with Crippen molar-refractivity contribution in [2.75, 3.05) is 0 Å². The standard InChI is InChI=1S/C17H18N4O3S/c1-11-9-14(20-19-11)16(22)21-18-10-12-4-6-13(7-5-12)24-17(23)15-3-2-8-25-15/h2-8,10-11,14,19-20H,9H2,1H3,(H,21,22)/b18-10+. The number of amides is 1. The van der Waals surface area contributed by atoms with Crippen LogP contribution in [0.5, 0.6) is 5.75 Å². The minimum atomic E-state index is -0.379. The third-order valence-corrected chi connectivity index (χ3v) is 4.46. The lowest BCUT2D eigenvalue weighted by molar-refractivity contribution is -0.122. The number of nitrogens with one attached hydrogen (secondary N) is 3. The molecule has 3 N–H and O–H groups in total. The van der Waals surface area contributed by atoms with Crippen molar-refractivity contribution in [2.45, 2.75) is 25.4 Å². The predicted octanol–water partition coefficient (Wildman–Crippen LogP) is 1.67. The highest BCUT2D eigenvalue weighted by atomic mass is 32.1. The van der Waals surface area contributed by atoms with Gasteiger partial charge >= 0.3 is 5.97 Å². The summed E-state index contributed by atoms with van der Waals surface area (Å²) in [4.78, 5) is 24.3. The van der Waals surface area contributed by atoms with E-state index >= 15 is 0 Å². The van der Waals surface area contributed by atoms with Crippen molar-refractivity contribution in [3.63, 3.8) is 0 Å². The summed E-state index contributed by atoms with van der Waals surface area (Å²) >= 11 is 1.33. The van der Waals surface area contributed by atoms with Gasteiger partial charge in [0.1, 0.15) is 16.7 Å². The quantitative estimate of drug-likeness (QED) is 0.327. The highest BCUT2D eigenvalue weighted by Crippen LogP contribution is 2.16. The highest BCUT2D eigenvalue weighted by molar-refractivity contribution is 7.12. The van der Waals surface area contributed by atoms with E-state index in [0.29, 0.717) is 17.0 Å². The molecule has 2 heterocycles. The summed E-state index contributed by atoms with van der Waals surface area (Å²) in [5.41, 5.74) is 9.18. The number of hydrogen-bond donors (Lipinski definition) is 3. The van der Waals surface area contributed by atoms with Crippen molar-refractivity contribution >= 4 is 29.4 Å². The molecule has 3 rings (SSSR count). The Morgan fingerprint density at radius 1 is 1.28 bits per heavy atom. The van der Waals surface area contributed by atoms with Crippen molar-refractivity contribution in [3.8, 4) is 5.75 Å². The zero-order valence-electron chi connectivity index (χ0n) is 13.6. The lowest BCUT2D eigenvalue weighted by atomic mass is 10.1. The van der Waals surface area contributed by atoms with Gasteiger partial charge in [-0.1, -0.05) is 6.07 Å². The highest BCUT2D eigenvalue weighted by Gasteiger charge is 2.26. The third kappa shape index (κ3) is 4.72. The largest absolute Gasteiger partial charge is 0.422 e. The van der Waals surface area contributed by atoms with E-state index in [1.165, 1.54) is 17.6 Å². The fourth-order valence-electron chi connectivity index (χ4n) is 2.31. The second-order valence-corrected chi connectivity index (χ2v) is 6.60. The average molecular weight is 358 g/mol. The Hall–Kier alpha value is -2.55. The predicted molar refractivity (Wildman–Crippen MR) is 95.6 cm³/mol. The van der Waals surface area contributed by atoms with Gasteiger partial charge in [-0.3, -0.25) is 10.2 Å². The minimum Gasteiger partial charge on any atom is -0.422 e. The number of carbonyl (C=O) groups excluding carboxylic acids is 2. The number of carbonyl (C=O) groups is 2. The molecule has 0 spiro atoms. The Morgan fingerprint density at radius 3 is 2.72 bits per heavy atom. The van der Waals surface area contributed by atoms with E-state index < -0.39 is 0 Å². The van der Waals surface area contributed by atoms with Crippen LogP contribution in [0.25, 0.3) is 0 Å². The molecule has 0 saturated carbocycles. The van der Waals surface area contributed by atoms with E-state index in [-0.39, 0.29) is 24.0 Å². The molecule has 1 aromatic carbocycles. The van der Waals surface area contributed by atoms with Crippen LogP contribution in [0.15, 0.2) is 46.9 Å². The van der Waals surface area contributed by atoms with Gasteiger partial charge in [-0.15, -0.1) is 11.3 Å². The second-order valence-electron chi connectivity index (χ2n) is 5.65. The maximum atomic E-state index is 11.9. The van der Waals surface area contributed by atoms with E-state index in [4.69, 9.17) is 4.74 Å². The SMILES string of the molecule is CC1CC(C(=O)N/N=C/c2ccc(OC(=O)c3cccs3)cc2)NN1. The number of rotatable bonds is 5. The Balaban J connectivity index is 1.50. The summed E-state index contributed by atoms with van der Waals surface area (Å²) in [6.07, 6.45) is 2.25. The van der Waals surface area contributed by atoms with Crippen molar-refractivity contribution < 1.29 is 14.3 Å². The van der Waals surface area contributed by atoms with Gasteiger partial charge in [0.15, 0.2) is 0 Å². The number of hydrazone groups is 1. The van der Waals surface area contributed by atoms with Crippen molar-refractivity contribution in [3.05, 3.63) is 52.2 Å². The number of hydrogen-bond acceptors (Lipinski definition) is 7. The topological polar surface area (TPSA) is 91.8 Å². The van der Waals surface area contributed by atoms with Gasteiger partial charge in [-0.25, -0.2) is 15.6 Å². The van der Waals surface area contributed by atoms with Crippen LogP contribution in [0.4, 0.5) is 0 Å². The molecule has 1 aromatic heterocycles. The van der Waals surface area contributed by atoms with Crippen molar-refractivity contribution in [1.82, 2.24) is 16.3 Å². The van der Waals surface area contributed by atoms with E-state index in [1.54, 1.807) is 36.4 Å². The maximum Gasteiger partial charge on any atom is 0.353 e. The molecule has 1 amide bonds. The Kier molecular flexibility index (Phi) is 5.54. The van der Waals surface area contributed by atoms with E-state index in [2.05, 4.69) is 21.4 Å². The zero-order valence-corrected chi connectivity index (χ0v) is 14.4. The zero-order chi connectivity index (χ0) is 17.6. The molecule has 2 aromatic rings. The van der Waals surface area contributed by atoms with Crippen LogP contribution in [0.3, 0.4) is 0 Å². The maximum absolute atomic E-state index is 11.9. The number of nitrogens with zero attached hydrogens (tertiary/aromatic N) is 1. The molecule has 7 nitrogen and oxygen atoms in total. The Bertz CT molecular complexity index is 759. The van der Waals surface area contributed by atoms with Gasteiger partial charge in [0, 0.05) is 6.04 Å². The summed E-state index contributed by atoms with van der Waals surface area (Å²) in [7, 11) is 0. The number of benzene rings is 1. The smallest absolute Gasteiger partial charge is 0.353 e. The summed E-state index contributed by atoms with van der Waals surface area (Å²) in [6, 6.07) is 10.3. The van der Waals surface area contributed by atoms with Crippen LogP contribution in [-0.2, 0) is 4.79 Å². The Morgan fingerprint density at radius 2 is 2.08 bits per heavy atom. The summed E-state index contributed by atoms with van der Waals surface area (Å²) in [6.45, 7) is 2.00. The lowest BCUT2D eigenvalue weighted by Crippen LogP contribution is -2.41. The van der Waals surface area contributed by atoms with Gasteiger partial charge in [-0.05, 0) is 54.6 Å². The van der Waals surface area contributed by atoms with Gasteiger partial charge in [-0.2, -0.15) is 5.10 Å². The molecule has 2 atom stereocenters. The first-order chi connectivity index (χ1) is 12.1. The van der Waals surface area contributed by atoms with Crippen LogP contribution in [0.1, 0.15) is 28.6 Å². The van der Waals surface area contributed by atoms with Crippen LogP contribution >= 0.6 is 11.3 Å². The molecule has 0 bridgehead atoms. The van der Waals surface area contributed by atoms with E-state index in [0.717, 1.165) is 5.56 Å². The lowest BCUT2D eigenvalue weighted by Gasteiger charge is -2.06. The average Bonchev–Trinajstić information content (AvgIpc) is 3.28. The van der Waals surface area contributed by atoms with Gasteiger partial charge < -0.3 is 4.74 Å². The van der Waals surface area contributed by atoms with Crippen LogP contribution < -0.4 is 21.0 Å². The summed E-state index contributed by atoms with van der Waals surface area (Å²) in [5, 5.41) is 5.77. The van der Waals surface area contributed by atoms with E-state index in [1.807, 2.05) is 12.3 Å². The fourth-order valence-corrected chi connectivity index (χ4v) is 2.91. The first-order valence-electron chi connectivity index (χ1n) is 7.81. The number of thiophene rings is 1. The number of esters is 1. The molecular weight excluding hydrogens is 340 g/mol. The normalized spacial score (nSPS) is 19.9. The molecule has 1 aliphatic rings. The minimum absolute atomic E-state index is 0.186. The summed E-state index contributed by atoms with van der Waals surface area (Å²) in [5.74, 6) is -0.111. The molecule has 8 heteroatoms. The first-order valence-corrected chi connectivity index (χ1v) is 8.69. The fraction of sp³-hybridized carbons (Fsp3) is 0.235. The summed E-state index contributed by atoms with van der Waals surface area (Å²) < 4.78 is 5.28. The molecule has 130 valence electrons. The third-order valence-electron chi connectivity index (χ3n) is 3.61. The molecule has 25 heavy (non-hydrogen) atoms. The number of hydrazine groups is 1. The van der Waals surface area contributed by atoms with Crippen molar-refractivity contribution in [2.24, 2.45) is 5.10 Å². The molecular formula is C17H18N4O3S. The molecule has 1 aliphatic heterocycles. The second kappa shape index (κ2) is 8.02. The van der Waals surface area contributed by atoms with E-state index in [9.17, 15) is 9.59 Å². The first kappa shape index (κ1) is 17.3. The van der Waals surface area contributed by atoms with Gasteiger partial charge in [0.25, 0.3) is 5.91 Å². The monoisotopic (exact) mass is 358 g/mol. The molecule has 1 saturated heterocycles. The van der Waals surface area contributed by atoms with Crippen LogP contribution in [0, 0.1) is 0 Å². The Labute approximate surface area is 149 Å². The van der Waals surface area contributed by atoms with Crippen molar-refractivity contribution in [1.29, 1.82) is 0 Å². The van der Waals surface area contributed by atoms with Crippen LogP contribution in [-0.4, -0.2) is 30.2 Å². The van der Waals surface area contributed by atoms with Gasteiger partial charge in [0.2, 0.25) is 0 Å². The molecule has 1 fully saturated rings. The van der Waals surface area contributed by atoms with Crippen LogP contribution in [0.2, 0.25) is 0 Å². The molecule has 0 radical (unpaired) electrons. The van der Waals surface area contributed by atoms with Gasteiger partial charge in [0.05, 0.1) is 6.21 Å². The number of ether oxygens (including phenoxy) is 1. The molecule has 0 aliphatic carbocycles.